The van der Waals surface area contributed by atoms with E-state index in [0.29, 0.717) is 17.7 Å². The summed E-state index contributed by atoms with van der Waals surface area (Å²) in [4.78, 5) is 17.6. The van der Waals surface area contributed by atoms with Crippen LogP contribution in [-0.2, 0) is 6.42 Å². The lowest BCUT2D eigenvalue weighted by molar-refractivity contribution is -0.387. The number of halogens is 3. The zero-order valence-electron chi connectivity index (χ0n) is 11.2. The van der Waals surface area contributed by atoms with Crippen molar-refractivity contribution in [2.75, 3.05) is 0 Å². The van der Waals surface area contributed by atoms with Gasteiger partial charge in [0.15, 0.2) is 5.82 Å². The topological polar surface area (TPSA) is 68.9 Å². The molecule has 8 heteroatoms. The van der Waals surface area contributed by atoms with Crippen LogP contribution in [0.1, 0.15) is 18.2 Å². The van der Waals surface area contributed by atoms with Gasteiger partial charge < -0.3 is 0 Å². The van der Waals surface area contributed by atoms with Crippen LogP contribution < -0.4 is 0 Å². The zero-order chi connectivity index (χ0) is 15.7. The Kier molecular flexibility index (Phi) is 4.13. The van der Waals surface area contributed by atoms with E-state index < -0.39 is 27.8 Å². The van der Waals surface area contributed by atoms with Gasteiger partial charge in [0.05, 0.1) is 10.5 Å². The van der Waals surface area contributed by atoms with Crippen LogP contribution in [0.5, 0.6) is 0 Å². The van der Waals surface area contributed by atoms with Crippen LogP contribution in [0, 0.1) is 28.7 Å². The monoisotopic (exact) mass is 313 g/mol. The fourth-order valence-electron chi connectivity index (χ4n) is 1.96. The highest BCUT2D eigenvalue weighted by molar-refractivity contribution is 6.30. The molecule has 0 saturated carbocycles. The molecule has 2 aromatic rings. The van der Waals surface area contributed by atoms with Crippen LogP contribution in [0.3, 0.4) is 0 Å². The molecule has 21 heavy (non-hydrogen) atoms. The molecule has 1 heterocycles. The van der Waals surface area contributed by atoms with E-state index in [0.717, 1.165) is 12.1 Å². The third-order valence-corrected chi connectivity index (χ3v) is 3.32. The SMILES string of the molecule is CCc1c(C)nc(-c2c(F)ccc([N+](=O)[O-])c2F)nc1Cl. The Morgan fingerprint density at radius 1 is 1.33 bits per heavy atom. The summed E-state index contributed by atoms with van der Waals surface area (Å²) >= 11 is 5.96. The largest absolute Gasteiger partial charge is 0.305 e. The third kappa shape index (κ3) is 2.69. The van der Waals surface area contributed by atoms with Gasteiger partial charge in [-0.25, -0.2) is 14.4 Å². The highest BCUT2D eigenvalue weighted by atomic mass is 35.5. The smallest absolute Gasteiger partial charge is 0.258 e. The number of aryl methyl sites for hydroxylation is 1. The van der Waals surface area contributed by atoms with Gasteiger partial charge in [0.2, 0.25) is 5.82 Å². The lowest BCUT2D eigenvalue weighted by Crippen LogP contribution is -2.04. The normalized spacial score (nSPS) is 10.7. The lowest BCUT2D eigenvalue weighted by Gasteiger charge is -2.09. The van der Waals surface area contributed by atoms with Crippen molar-refractivity contribution < 1.29 is 13.7 Å². The van der Waals surface area contributed by atoms with Gasteiger partial charge in [0.1, 0.15) is 11.0 Å². The molecular formula is C13H10ClF2N3O2. The van der Waals surface area contributed by atoms with Gasteiger partial charge in [-0.1, -0.05) is 18.5 Å². The Balaban J connectivity index is 2.73. The Bertz CT molecular complexity index is 715. The zero-order valence-corrected chi connectivity index (χ0v) is 11.9. The lowest BCUT2D eigenvalue weighted by atomic mass is 10.1. The fraction of sp³-hybridized carbons (Fsp3) is 0.231. The quantitative estimate of drug-likeness (QED) is 0.490. The van der Waals surface area contributed by atoms with E-state index in [1.165, 1.54) is 0 Å². The van der Waals surface area contributed by atoms with Crippen molar-refractivity contribution in [2.45, 2.75) is 20.3 Å². The van der Waals surface area contributed by atoms with Gasteiger partial charge in [0.25, 0.3) is 0 Å². The Labute approximate surface area is 123 Å². The van der Waals surface area contributed by atoms with Gasteiger partial charge in [-0.2, -0.15) is 4.39 Å². The number of rotatable bonds is 3. The molecule has 0 aliphatic rings. The van der Waals surface area contributed by atoms with E-state index in [-0.39, 0.29) is 11.0 Å². The highest BCUT2D eigenvalue weighted by Crippen LogP contribution is 2.31. The number of aromatic nitrogens is 2. The van der Waals surface area contributed by atoms with Crippen LogP contribution in [0.4, 0.5) is 14.5 Å². The average molecular weight is 314 g/mol. The molecule has 1 aromatic heterocycles. The third-order valence-electron chi connectivity index (χ3n) is 3.01. The van der Waals surface area contributed by atoms with Crippen molar-refractivity contribution in [1.82, 2.24) is 9.97 Å². The number of nitrogens with zero attached hydrogens (tertiary/aromatic N) is 3. The standard InChI is InChI=1S/C13H10ClF2N3O2/c1-3-7-6(2)17-13(18-12(7)14)10-8(15)4-5-9(11(10)16)19(20)21/h4-5H,3H2,1-2H3. The molecule has 0 N–H and O–H groups in total. The first-order valence-corrected chi connectivity index (χ1v) is 6.40. The second-order valence-corrected chi connectivity index (χ2v) is 4.63. The fourth-order valence-corrected chi connectivity index (χ4v) is 2.31. The van der Waals surface area contributed by atoms with Gasteiger partial charge in [0, 0.05) is 17.3 Å². The summed E-state index contributed by atoms with van der Waals surface area (Å²) in [5.74, 6) is -2.62. The molecule has 110 valence electrons. The van der Waals surface area contributed by atoms with E-state index in [4.69, 9.17) is 11.6 Å². The predicted octanol–water partition coefficient (Wildman–Crippen LogP) is 3.85. The van der Waals surface area contributed by atoms with Crippen molar-refractivity contribution in [3.8, 4) is 11.4 Å². The number of nitro groups is 1. The summed E-state index contributed by atoms with van der Waals surface area (Å²) in [6.07, 6.45) is 0.560. The second kappa shape index (κ2) is 5.69. The minimum Gasteiger partial charge on any atom is -0.258 e. The van der Waals surface area contributed by atoms with Gasteiger partial charge in [-0.05, 0) is 19.4 Å². The number of hydrogen-bond donors (Lipinski definition) is 0. The summed E-state index contributed by atoms with van der Waals surface area (Å²) in [5, 5.41) is 10.8. The van der Waals surface area contributed by atoms with Gasteiger partial charge in [-0.3, -0.25) is 10.1 Å². The molecule has 0 amide bonds. The first kappa shape index (κ1) is 15.2. The molecule has 0 fully saturated rings. The number of benzene rings is 1. The van der Waals surface area contributed by atoms with E-state index in [1.807, 2.05) is 6.92 Å². The molecule has 0 aliphatic heterocycles. The van der Waals surface area contributed by atoms with Crippen molar-refractivity contribution in [2.24, 2.45) is 0 Å². The Hall–Kier alpha value is -2.15. The van der Waals surface area contributed by atoms with Crippen molar-refractivity contribution in [1.29, 1.82) is 0 Å². The highest BCUT2D eigenvalue weighted by Gasteiger charge is 2.25. The maximum absolute atomic E-state index is 14.1. The van der Waals surface area contributed by atoms with Crippen molar-refractivity contribution >= 4 is 17.3 Å². The second-order valence-electron chi connectivity index (χ2n) is 4.27. The summed E-state index contributed by atoms with van der Waals surface area (Å²) in [7, 11) is 0. The van der Waals surface area contributed by atoms with Gasteiger partial charge in [-0.15, -0.1) is 0 Å². The molecule has 2 rings (SSSR count). The molecule has 1 aromatic carbocycles. The van der Waals surface area contributed by atoms with Crippen LogP contribution in [-0.4, -0.2) is 14.9 Å². The Morgan fingerprint density at radius 3 is 2.52 bits per heavy atom. The maximum atomic E-state index is 14.1. The van der Waals surface area contributed by atoms with Crippen LogP contribution >= 0.6 is 11.6 Å². The number of nitro benzene ring substituents is 1. The first-order chi connectivity index (χ1) is 9.86. The molecule has 0 atom stereocenters. The molecule has 0 radical (unpaired) electrons. The summed E-state index contributed by atoms with van der Waals surface area (Å²) < 4.78 is 28.0. The summed E-state index contributed by atoms with van der Waals surface area (Å²) in [5.41, 5.74) is -0.371. The van der Waals surface area contributed by atoms with E-state index in [2.05, 4.69) is 9.97 Å². The van der Waals surface area contributed by atoms with Crippen LogP contribution in [0.25, 0.3) is 11.4 Å². The molecule has 0 saturated heterocycles. The van der Waals surface area contributed by atoms with E-state index in [9.17, 15) is 18.9 Å². The first-order valence-electron chi connectivity index (χ1n) is 6.02. The van der Waals surface area contributed by atoms with E-state index >= 15 is 0 Å². The molecule has 0 bridgehead atoms. The number of hydrogen-bond acceptors (Lipinski definition) is 4. The maximum Gasteiger partial charge on any atom is 0.305 e. The summed E-state index contributed by atoms with van der Waals surface area (Å²) in [6, 6.07) is 1.56. The molecule has 0 spiro atoms. The minimum atomic E-state index is -1.32. The molecule has 5 nitrogen and oxygen atoms in total. The van der Waals surface area contributed by atoms with E-state index in [1.54, 1.807) is 6.92 Å². The average Bonchev–Trinajstić information content (AvgIpc) is 2.38. The van der Waals surface area contributed by atoms with Crippen molar-refractivity contribution in [3.63, 3.8) is 0 Å². The predicted molar refractivity (Wildman–Crippen MR) is 73.2 cm³/mol. The summed E-state index contributed by atoms with van der Waals surface area (Å²) in [6.45, 7) is 3.47. The molecule has 0 aliphatic carbocycles. The Morgan fingerprint density at radius 2 is 2.00 bits per heavy atom. The van der Waals surface area contributed by atoms with Crippen LogP contribution in [0.15, 0.2) is 12.1 Å². The molecular weight excluding hydrogens is 304 g/mol. The molecule has 0 unspecified atom stereocenters. The van der Waals surface area contributed by atoms with Crippen LogP contribution in [0.2, 0.25) is 5.15 Å². The van der Waals surface area contributed by atoms with Crippen molar-refractivity contribution in [3.05, 3.63) is 50.3 Å². The minimum absolute atomic E-state index is 0.0744. The van der Waals surface area contributed by atoms with Gasteiger partial charge >= 0.3 is 5.69 Å².